The fraction of sp³-hybridized carbons (Fsp3) is 0.255. The van der Waals surface area contributed by atoms with Crippen molar-refractivity contribution in [1.29, 1.82) is 0 Å². The zero-order valence-electron chi connectivity index (χ0n) is 40.4. The summed E-state index contributed by atoms with van der Waals surface area (Å²) in [6.45, 7) is 10.9. The summed E-state index contributed by atoms with van der Waals surface area (Å²) in [5, 5.41) is 62.6. The van der Waals surface area contributed by atoms with Gasteiger partial charge in [-0.05, 0) is 157 Å². The average Bonchev–Trinajstić information content (AvgIpc) is 3.35. The van der Waals surface area contributed by atoms with Crippen molar-refractivity contribution in [3.05, 3.63) is 153 Å². The number of aliphatic carboxylic acids is 2. The molecule has 0 spiro atoms. The van der Waals surface area contributed by atoms with E-state index >= 15 is 0 Å². The molecule has 0 fully saturated rings. The number of allylic oxidation sites excluding steroid dienone is 1. The molecule has 72 heavy (non-hydrogen) atoms. The van der Waals surface area contributed by atoms with Crippen molar-refractivity contribution in [2.75, 3.05) is 26.4 Å². The predicted octanol–water partition coefficient (Wildman–Crippen LogP) is 9.13. The van der Waals surface area contributed by atoms with Gasteiger partial charge < -0.3 is 59.4 Å². The van der Waals surface area contributed by atoms with Gasteiger partial charge in [0.2, 0.25) is 0 Å². The van der Waals surface area contributed by atoms with Crippen LogP contribution in [0.3, 0.4) is 0 Å². The second-order valence-electron chi connectivity index (χ2n) is 17.3. The van der Waals surface area contributed by atoms with Crippen molar-refractivity contribution in [2.45, 2.75) is 59.5 Å². The van der Waals surface area contributed by atoms with E-state index in [1.807, 2.05) is 65.0 Å². The number of ether oxygens (including phenoxy) is 5. The Morgan fingerprint density at radius 3 is 1.71 bits per heavy atom. The van der Waals surface area contributed by atoms with Crippen LogP contribution in [0.15, 0.2) is 114 Å². The summed E-state index contributed by atoms with van der Waals surface area (Å²) in [4.78, 5) is 53.6. The molecular weight excluding hydrogens is 933 g/mol. The third kappa shape index (κ3) is 18.3. The molecule has 0 radical (unpaired) electrons. The maximum atomic E-state index is 11.9. The lowest BCUT2D eigenvalue weighted by atomic mass is 9.97. The number of phenols is 5. The molecule has 4 heterocycles. The Morgan fingerprint density at radius 2 is 1.17 bits per heavy atom. The van der Waals surface area contributed by atoms with Crippen LogP contribution in [0.2, 0.25) is 0 Å². The number of aryl methyl sites for hydroxylation is 2. The van der Waals surface area contributed by atoms with Crippen LogP contribution in [-0.4, -0.2) is 98.3 Å². The first-order valence-corrected chi connectivity index (χ1v) is 22.4. The summed E-state index contributed by atoms with van der Waals surface area (Å²) in [6.07, 6.45) is 11.1. The number of aromatic hydroxyl groups is 5. The van der Waals surface area contributed by atoms with Crippen LogP contribution in [0.4, 0.5) is 0 Å². The molecule has 4 aliphatic heterocycles. The highest BCUT2D eigenvalue weighted by molar-refractivity contribution is 5.95. The first kappa shape index (κ1) is 55.9. The molecule has 0 aliphatic carbocycles. The van der Waals surface area contributed by atoms with Crippen LogP contribution in [-0.2, 0) is 30.3 Å². The Balaban J connectivity index is 0.000000192. The lowest BCUT2D eigenvalue weighted by Crippen LogP contribution is -2.27. The van der Waals surface area contributed by atoms with Crippen LogP contribution in [0.1, 0.15) is 82.1 Å². The van der Waals surface area contributed by atoms with Crippen molar-refractivity contribution in [2.24, 2.45) is 5.92 Å². The second-order valence-corrected chi connectivity index (χ2v) is 17.3. The number of carbonyl (C=O) groups is 5. The number of carboxylic acid groups (broad SMARTS) is 2. The quantitative estimate of drug-likeness (QED) is 0.0491. The number of fused-ring (bicyclic) bond motifs is 3. The van der Waals surface area contributed by atoms with Crippen LogP contribution in [0.5, 0.6) is 46.0 Å². The van der Waals surface area contributed by atoms with E-state index < -0.39 is 23.5 Å². The monoisotopic (exact) mass is 990 g/mol. The van der Waals surface area contributed by atoms with E-state index in [-0.39, 0.29) is 65.7 Å². The Hall–Kier alpha value is -8.73. The highest BCUT2D eigenvalue weighted by Gasteiger charge is 2.26. The van der Waals surface area contributed by atoms with Crippen molar-refractivity contribution < 1.29 is 83.4 Å². The predicted molar refractivity (Wildman–Crippen MR) is 266 cm³/mol. The first-order valence-electron chi connectivity index (χ1n) is 22.4. The molecule has 0 unspecified atom stereocenters. The molecule has 0 bridgehead atoms. The van der Waals surface area contributed by atoms with Gasteiger partial charge in [-0.15, -0.1) is 0 Å². The third-order valence-electron chi connectivity index (χ3n) is 10.1. The minimum atomic E-state index is -1.00. The normalized spacial score (nSPS) is 14.3. The Morgan fingerprint density at radius 1 is 0.639 bits per heavy atom. The van der Waals surface area contributed by atoms with Crippen LogP contribution in [0, 0.1) is 19.8 Å². The summed E-state index contributed by atoms with van der Waals surface area (Å²) in [5.41, 5.74) is 5.09. The second kappa shape index (κ2) is 26.9. The van der Waals surface area contributed by atoms with E-state index in [1.54, 1.807) is 36.6 Å². The molecule has 0 amide bonds. The molecule has 17 heteroatoms. The Bertz CT molecular complexity index is 2730. The largest absolute Gasteiger partial charge is 0.508 e. The molecule has 0 saturated carbocycles. The molecule has 4 aliphatic rings. The number of phenolic OH excluding ortho intramolecular Hbond substituents is 5. The summed E-state index contributed by atoms with van der Waals surface area (Å²) < 4.78 is 26.2. The van der Waals surface area contributed by atoms with Gasteiger partial charge in [0.15, 0.2) is 12.6 Å². The lowest BCUT2D eigenvalue weighted by molar-refractivity contribution is -0.150. The van der Waals surface area contributed by atoms with Crippen molar-refractivity contribution in [3.63, 3.8) is 0 Å². The highest BCUT2D eigenvalue weighted by Crippen LogP contribution is 2.32. The SMILES string of the molecule is C1=COCCC1.Cc1ccc(O)c(C=O)c1.Cc1ccc2c(c1)C=C(C(=O)OC(C)(C)C)CO2.O=C(O)C1=Cc2cc(O)ccc2OC1.O=C(O)[C@H]1COc2ccc(O)cc2C1.O=Cc1cc(O)ccc1O. The van der Waals surface area contributed by atoms with E-state index in [4.69, 9.17) is 49.2 Å². The fourth-order valence-electron chi connectivity index (χ4n) is 6.48. The van der Waals surface area contributed by atoms with Gasteiger partial charge in [0.25, 0.3) is 0 Å². The molecule has 17 nitrogen and oxygen atoms in total. The minimum Gasteiger partial charge on any atom is -0.508 e. The zero-order valence-corrected chi connectivity index (χ0v) is 40.4. The van der Waals surface area contributed by atoms with Gasteiger partial charge in [-0.1, -0.05) is 23.3 Å². The summed E-state index contributed by atoms with van der Waals surface area (Å²) in [5.74, 6) is -0.486. The van der Waals surface area contributed by atoms with E-state index in [9.17, 15) is 34.2 Å². The number of esters is 1. The van der Waals surface area contributed by atoms with Gasteiger partial charge in [0.05, 0.1) is 41.1 Å². The maximum Gasteiger partial charge on any atom is 0.338 e. The van der Waals surface area contributed by atoms with Crippen LogP contribution >= 0.6 is 0 Å². The fourth-order valence-corrected chi connectivity index (χ4v) is 6.48. The maximum absolute atomic E-state index is 11.9. The van der Waals surface area contributed by atoms with Crippen LogP contribution < -0.4 is 14.2 Å². The molecule has 5 aromatic rings. The minimum absolute atomic E-state index is 0.0279. The van der Waals surface area contributed by atoms with E-state index in [2.05, 4.69) is 0 Å². The number of carbonyl (C=O) groups excluding carboxylic acids is 3. The van der Waals surface area contributed by atoms with Crippen molar-refractivity contribution >= 4 is 42.6 Å². The van der Waals surface area contributed by atoms with Gasteiger partial charge in [-0.25, -0.2) is 9.59 Å². The molecule has 5 aromatic carbocycles. The molecule has 0 saturated heterocycles. The Labute approximate surface area is 416 Å². The molecule has 0 aromatic heterocycles. The number of hydrogen-bond acceptors (Lipinski definition) is 15. The van der Waals surface area contributed by atoms with Gasteiger partial charge in [0, 0.05) is 11.1 Å². The number of carboxylic acids is 2. The third-order valence-corrected chi connectivity index (χ3v) is 10.1. The van der Waals surface area contributed by atoms with E-state index in [0.717, 1.165) is 34.6 Å². The highest BCUT2D eigenvalue weighted by atomic mass is 16.6. The standard InChI is InChI=1S/C15H18O3.C10H10O4.C10H8O4.C8H8O2.C7H6O3.C5H8O/c1-10-5-6-13-11(7-10)8-12(9-17-13)14(16)18-15(2,3)4;2*11-8-1-2-9-6(4-8)3-7(5-14-9)10(12)13;1-6-2-3-8(10)7(4-6)5-9;8-4-5-3-6(9)1-2-7(5)10;1-2-4-6-5-3-1/h5-8H,9H2,1-4H3;1-2,4,7,11H,3,5H2,(H,12,13);1-4,11H,5H2,(H,12,13);2-5,10H,1H3;1-4,9-10H;2,4H,1,3,5H2/t;7-;;;;/m.1..../s1. The van der Waals surface area contributed by atoms with Gasteiger partial charge in [0.1, 0.15) is 71.4 Å². The molecule has 9 rings (SSSR count). The summed E-state index contributed by atoms with van der Waals surface area (Å²) in [6, 6.07) is 23.9. The number of aldehydes is 2. The van der Waals surface area contributed by atoms with Gasteiger partial charge >= 0.3 is 17.9 Å². The van der Waals surface area contributed by atoms with E-state index in [1.165, 1.54) is 61.4 Å². The zero-order chi connectivity index (χ0) is 53.0. The number of benzene rings is 5. The van der Waals surface area contributed by atoms with E-state index in [0.29, 0.717) is 47.2 Å². The summed E-state index contributed by atoms with van der Waals surface area (Å²) in [7, 11) is 0. The van der Waals surface area contributed by atoms with Crippen molar-refractivity contribution in [3.8, 4) is 46.0 Å². The summed E-state index contributed by atoms with van der Waals surface area (Å²) >= 11 is 0. The molecule has 380 valence electrons. The van der Waals surface area contributed by atoms with Gasteiger partial charge in [-0.2, -0.15) is 0 Å². The number of hydrogen-bond donors (Lipinski definition) is 7. The Kier molecular flexibility index (Phi) is 20.8. The molecular formula is C55H58O17. The topological polar surface area (TPSA) is 273 Å². The van der Waals surface area contributed by atoms with Crippen LogP contribution in [0.25, 0.3) is 12.2 Å². The average molecular weight is 991 g/mol. The molecule has 1 atom stereocenters. The van der Waals surface area contributed by atoms with Gasteiger partial charge in [-0.3, -0.25) is 14.4 Å². The van der Waals surface area contributed by atoms with Crippen molar-refractivity contribution in [1.82, 2.24) is 0 Å². The lowest BCUT2D eigenvalue weighted by Gasteiger charge is -2.23. The molecule has 7 N–H and O–H groups in total. The smallest absolute Gasteiger partial charge is 0.338 e. The first-order chi connectivity index (χ1) is 34.2. The number of rotatable bonds is 5.